The van der Waals surface area contributed by atoms with Gasteiger partial charge in [-0.3, -0.25) is 4.79 Å². The van der Waals surface area contributed by atoms with E-state index in [9.17, 15) is 9.18 Å². The van der Waals surface area contributed by atoms with E-state index in [0.29, 0.717) is 6.42 Å². The number of hydrogen-bond donors (Lipinski definition) is 0. The summed E-state index contributed by atoms with van der Waals surface area (Å²) in [6.45, 7) is 0. The lowest BCUT2D eigenvalue weighted by molar-refractivity contribution is 0.0998. The van der Waals surface area contributed by atoms with Crippen molar-refractivity contribution in [2.24, 2.45) is 0 Å². The molecule has 1 aliphatic rings. The molecule has 1 aliphatic carbocycles. The number of hydrogen-bond acceptors (Lipinski definition) is 1. The van der Waals surface area contributed by atoms with Crippen LogP contribution in [0.15, 0.2) is 18.2 Å². The van der Waals surface area contributed by atoms with Crippen molar-refractivity contribution in [3.63, 3.8) is 0 Å². The van der Waals surface area contributed by atoms with Gasteiger partial charge >= 0.3 is 0 Å². The van der Waals surface area contributed by atoms with Crippen LogP contribution in [0.4, 0.5) is 4.39 Å². The van der Waals surface area contributed by atoms with Crippen LogP contribution in [-0.2, 0) is 6.42 Å². The summed E-state index contributed by atoms with van der Waals surface area (Å²) in [6.07, 6.45) is 0.603. The third-order valence-electron chi connectivity index (χ3n) is 2.03. The summed E-state index contributed by atoms with van der Waals surface area (Å²) >= 11 is 3.20. The minimum Gasteiger partial charge on any atom is -0.293 e. The molecule has 12 heavy (non-hydrogen) atoms. The van der Waals surface area contributed by atoms with Crippen molar-refractivity contribution in [3.05, 3.63) is 35.1 Å². The molecule has 0 radical (unpaired) electrons. The molecular weight excluding hydrogens is 223 g/mol. The zero-order chi connectivity index (χ0) is 8.72. The van der Waals surface area contributed by atoms with E-state index >= 15 is 0 Å². The molecule has 0 saturated heterocycles. The van der Waals surface area contributed by atoms with E-state index in [1.165, 1.54) is 6.07 Å². The third kappa shape index (κ3) is 1.00. The van der Waals surface area contributed by atoms with Gasteiger partial charge in [-0.2, -0.15) is 0 Å². The number of carbonyl (C=O) groups excluding carboxylic acids is 1. The largest absolute Gasteiger partial charge is 0.293 e. The summed E-state index contributed by atoms with van der Waals surface area (Å²) in [5.74, 6) is -0.539. The van der Waals surface area contributed by atoms with Crippen molar-refractivity contribution in [2.45, 2.75) is 11.2 Å². The topological polar surface area (TPSA) is 17.1 Å². The van der Waals surface area contributed by atoms with Gasteiger partial charge in [-0.05, 0) is 18.1 Å². The second-order valence-corrected chi connectivity index (χ2v) is 3.92. The summed E-state index contributed by atoms with van der Waals surface area (Å²) in [7, 11) is 0. The smallest absolute Gasteiger partial charge is 0.180 e. The first-order chi connectivity index (χ1) is 5.70. The second kappa shape index (κ2) is 2.66. The minimum atomic E-state index is -0.403. The van der Waals surface area contributed by atoms with Crippen molar-refractivity contribution in [3.8, 4) is 0 Å². The molecule has 1 aromatic rings. The maximum absolute atomic E-state index is 13.1. The Morgan fingerprint density at radius 3 is 2.92 bits per heavy atom. The Balaban J connectivity index is 2.62. The summed E-state index contributed by atoms with van der Waals surface area (Å²) in [5, 5.41) is 0. The highest BCUT2D eigenvalue weighted by molar-refractivity contribution is 9.10. The number of benzene rings is 1. The molecule has 0 aromatic heterocycles. The van der Waals surface area contributed by atoms with Gasteiger partial charge in [0.1, 0.15) is 5.82 Å². The quantitative estimate of drug-likeness (QED) is 0.624. The number of rotatable bonds is 0. The van der Waals surface area contributed by atoms with E-state index in [-0.39, 0.29) is 16.2 Å². The molecule has 0 heterocycles. The first-order valence-electron chi connectivity index (χ1n) is 3.66. The normalized spacial score (nSPS) is 21.2. The molecule has 0 bridgehead atoms. The highest BCUT2D eigenvalue weighted by atomic mass is 79.9. The zero-order valence-electron chi connectivity index (χ0n) is 6.18. The molecule has 1 unspecified atom stereocenters. The lowest BCUT2D eigenvalue weighted by Gasteiger charge is -1.96. The average molecular weight is 229 g/mol. The Labute approximate surface area is 77.7 Å². The summed E-state index contributed by atoms with van der Waals surface area (Å²) in [4.78, 5) is 11.1. The molecule has 0 saturated carbocycles. The van der Waals surface area contributed by atoms with E-state index in [1.54, 1.807) is 12.1 Å². The lowest BCUT2D eigenvalue weighted by Crippen LogP contribution is -2.07. The standard InChI is InChI=1S/C9H6BrFO/c10-6-4-5-2-1-3-7(11)8(5)9(6)12/h1-3,6H,4H2. The van der Waals surface area contributed by atoms with Crippen LogP contribution in [0.25, 0.3) is 0 Å². The molecule has 0 aliphatic heterocycles. The fourth-order valence-corrected chi connectivity index (χ4v) is 2.03. The van der Waals surface area contributed by atoms with Gasteiger partial charge in [0.15, 0.2) is 5.78 Å². The van der Waals surface area contributed by atoms with E-state index < -0.39 is 5.82 Å². The van der Waals surface area contributed by atoms with E-state index in [1.807, 2.05) is 0 Å². The van der Waals surface area contributed by atoms with E-state index in [4.69, 9.17) is 0 Å². The highest BCUT2D eigenvalue weighted by Gasteiger charge is 2.30. The zero-order valence-corrected chi connectivity index (χ0v) is 7.77. The van der Waals surface area contributed by atoms with Crippen molar-refractivity contribution >= 4 is 21.7 Å². The van der Waals surface area contributed by atoms with Gasteiger partial charge in [0.2, 0.25) is 0 Å². The summed E-state index contributed by atoms with van der Waals surface area (Å²) < 4.78 is 13.1. The summed E-state index contributed by atoms with van der Waals surface area (Å²) in [5.41, 5.74) is 1.07. The molecule has 1 atom stereocenters. The molecule has 0 amide bonds. The van der Waals surface area contributed by atoms with Crippen LogP contribution in [0.3, 0.4) is 0 Å². The molecule has 0 fully saturated rings. The minimum absolute atomic E-state index is 0.136. The maximum atomic E-state index is 13.1. The first-order valence-corrected chi connectivity index (χ1v) is 4.57. The first kappa shape index (κ1) is 7.92. The molecule has 0 N–H and O–H groups in total. The van der Waals surface area contributed by atoms with Crippen LogP contribution in [0, 0.1) is 5.82 Å². The van der Waals surface area contributed by atoms with Crippen molar-refractivity contribution < 1.29 is 9.18 Å². The molecule has 1 aromatic carbocycles. The van der Waals surface area contributed by atoms with Crippen molar-refractivity contribution in [1.82, 2.24) is 0 Å². The Morgan fingerprint density at radius 1 is 1.50 bits per heavy atom. The van der Waals surface area contributed by atoms with Crippen LogP contribution in [-0.4, -0.2) is 10.6 Å². The predicted octanol–water partition coefficient (Wildman–Crippen LogP) is 2.33. The van der Waals surface area contributed by atoms with Crippen LogP contribution in [0.5, 0.6) is 0 Å². The van der Waals surface area contributed by atoms with E-state index in [0.717, 1.165) is 5.56 Å². The van der Waals surface area contributed by atoms with Crippen LogP contribution < -0.4 is 0 Å². The number of Topliss-reactive ketones (excluding diaryl/α,β-unsaturated/α-hetero) is 1. The fourth-order valence-electron chi connectivity index (χ4n) is 1.46. The highest BCUT2D eigenvalue weighted by Crippen LogP contribution is 2.28. The molecule has 62 valence electrons. The number of ketones is 1. The van der Waals surface area contributed by atoms with Gasteiger partial charge in [-0.1, -0.05) is 28.1 Å². The average Bonchev–Trinajstić information content (AvgIpc) is 2.29. The third-order valence-corrected chi connectivity index (χ3v) is 2.77. The molecule has 1 nitrogen and oxygen atoms in total. The number of alkyl halides is 1. The van der Waals surface area contributed by atoms with Gasteiger partial charge in [0.05, 0.1) is 10.4 Å². The van der Waals surface area contributed by atoms with E-state index in [2.05, 4.69) is 15.9 Å². The van der Waals surface area contributed by atoms with Gasteiger partial charge < -0.3 is 0 Å². The van der Waals surface area contributed by atoms with Gasteiger partial charge in [0, 0.05) is 0 Å². The Morgan fingerprint density at radius 2 is 2.25 bits per heavy atom. The molecule has 0 spiro atoms. The Hall–Kier alpha value is -0.700. The van der Waals surface area contributed by atoms with Crippen LogP contribution in [0.1, 0.15) is 15.9 Å². The van der Waals surface area contributed by atoms with Gasteiger partial charge in [0.25, 0.3) is 0 Å². The number of halogens is 2. The Kier molecular flexibility index (Phi) is 1.76. The Bertz CT molecular complexity index is 348. The monoisotopic (exact) mass is 228 g/mol. The number of fused-ring (bicyclic) bond motifs is 1. The maximum Gasteiger partial charge on any atom is 0.180 e. The lowest BCUT2D eigenvalue weighted by atomic mass is 10.1. The van der Waals surface area contributed by atoms with Crippen LogP contribution in [0.2, 0.25) is 0 Å². The summed E-state index contributed by atoms with van der Waals surface area (Å²) in [6, 6.07) is 4.74. The van der Waals surface area contributed by atoms with Gasteiger partial charge in [-0.25, -0.2) is 4.39 Å². The SMILES string of the molecule is O=C1c2c(F)cccc2CC1Br. The van der Waals surface area contributed by atoms with Gasteiger partial charge in [-0.15, -0.1) is 0 Å². The molecular formula is C9H6BrFO. The van der Waals surface area contributed by atoms with Crippen molar-refractivity contribution in [1.29, 1.82) is 0 Å². The van der Waals surface area contributed by atoms with Crippen LogP contribution >= 0.6 is 15.9 Å². The van der Waals surface area contributed by atoms with Crippen molar-refractivity contribution in [2.75, 3.05) is 0 Å². The second-order valence-electron chi connectivity index (χ2n) is 2.81. The number of carbonyl (C=O) groups is 1. The molecule has 2 rings (SSSR count). The fraction of sp³-hybridized carbons (Fsp3) is 0.222. The molecule has 3 heteroatoms. The predicted molar refractivity (Wildman–Crippen MR) is 47.1 cm³/mol.